The second-order valence-corrected chi connectivity index (χ2v) is 5.15. The summed E-state index contributed by atoms with van der Waals surface area (Å²) in [6.45, 7) is 3.50. The molecule has 2 rings (SSSR count). The van der Waals surface area contributed by atoms with E-state index in [4.69, 9.17) is 0 Å². The first-order valence-electron chi connectivity index (χ1n) is 6.92. The van der Waals surface area contributed by atoms with Crippen LogP contribution in [-0.4, -0.2) is 11.0 Å². The molecule has 2 N–H and O–H groups in total. The van der Waals surface area contributed by atoms with Crippen molar-refractivity contribution in [2.75, 3.05) is 5.32 Å². The van der Waals surface area contributed by atoms with E-state index in [1.54, 1.807) is 26.0 Å². The number of aryl methyl sites for hydroxylation is 2. The van der Waals surface area contributed by atoms with Crippen molar-refractivity contribution in [1.29, 1.82) is 0 Å². The third-order valence-corrected chi connectivity index (χ3v) is 3.33. The molecule has 0 aliphatic carbocycles. The van der Waals surface area contributed by atoms with E-state index >= 15 is 0 Å². The van der Waals surface area contributed by atoms with Gasteiger partial charge in [0.15, 0.2) is 0 Å². The average Bonchev–Trinajstić information content (AvgIpc) is 2.48. The number of nitro groups is 1. The minimum absolute atomic E-state index is 0.00209. The second-order valence-electron chi connectivity index (χ2n) is 5.15. The van der Waals surface area contributed by atoms with Crippen molar-refractivity contribution in [3.63, 3.8) is 0 Å². The molecule has 0 saturated heterocycles. The van der Waals surface area contributed by atoms with Crippen LogP contribution in [0.4, 0.5) is 20.6 Å². The van der Waals surface area contributed by atoms with Crippen LogP contribution in [-0.2, 0) is 6.54 Å². The van der Waals surface area contributed by atoms with Crippen molar-refractivity contribution in [2.24, 2.45) is 0 Å². The van der Waals surface area contributed by atoms with Crippen LogP contribution in [0.5, 0.6) is 0 Å². The van der Waals surface area contributed by atoms with Crippen molar-refractivity contribution < 1.29 is 14.1 Å². The number of nitro benzene ring substituents is 1. The number of nitrogens with zero attached hydrogens (tertiary/aromatic N) is 1. The molecule has 0 heterocycles. The number of hydrogen-bond acceptors (Lipinski definition) is 3. The first-order valence-corrected chi connectivity index (χ1v) is 6.92. The first-order chi connectivity index (χ1) is 10.9. The maximum Gasteiger partial charge on any atom is 0.319 e. The first kappa shape index (κ1) is 16.4. The Morgan fingerprint density at radius 1 is 1.17 bits per heavy atom. The summed E-state index contributed by atoms with van der Waals surface area (Å²) in [4.78, 5) is 22.1. The number of rotatable bonds is 4. The van der Waals surface area contributed by atoms with E-state index in [-0.39, 0.29) is 18.0 Å². The number of hydrogen-bond donors (Lipinski definition) is 2. The van der Waals surface area contributed by atoms with Gasteiger partial charge < -0.3 is 10.6 Å². The molecule has 6 nitrogen and oxygen atoms in total. The largest absolute Gasteiger partial charge is 0.334 e. The summed E-state index contributed by atoms with van der Waals surface area (Å²) < 4.78 is 13.2. The van der Waals surface area contributed by atoms with E-state index in [2.05, 4.69) is 10.6 Å². The Morgan fingerprint density at radius 2 is 1.91 bits per heavy atom. The summed E-state index contributed by atoms with van der Waals surface area (Å²) in [7, 11) is 0. The lowest BCUT2D eigenvalue weighted by molar-refractivity contribution is -0.385. The fourth-order valence-corrected chi connectivity index (χ4v) is 2.11. The fourth-order valence-electron chi connectivity index (χ4n) is 2.11. The van der Waals surface area contributed by atoms with Crippen molar-refractivity contribution in [1.82, 2.24) is 5.32 Å². The summed E-state index contributed by atoms with van der Waals surface area (Å²) >= 11 is 0. The highest BCUT2D eigenvalue weighted by molar-refractivity contribution is 5.89. The molecule has 2 aromatic rings. The van der Waals surface area contributed by atoms with Gasteiger partial charge in [0.05, 0.1) is 4.92 Å². The number of carbonyl (C=O) groups is 1. The molecule has 0 bridgehead atoms. The molecular formula is C16H16FN3O3. The molecular weight excluding hydrogens is 301 g/mol. The van der Waals surface area contributed by atoms with Crippen LogP contribution in [0.3, 0.4) is 0 Å². The van der Waals surface area contributed by atoms with Gasteiger partial charge >= 0.3 is 6.03 Å². The number of anilines is 1. The molecule has 0 atom stereocenters. The smallest absolute Gasteiger partial charge is 0.319 e. The molecule has 0 aromatic heterocycles. The normalized spacial score (nSPS) is 10.2. The second kappa shape index (κ2) is 6.87. The summed E-state index contributed by atoms with van der Waals surface area (Å²) in [5, 5.41) is 16.0. The van der Waals surface area contributed by atoms with E-state index < -0.39 is 11.0 Å². The third-order valence-electron chi connectivity index (χ3n) is 3.33. The minimum Gasteiger partial charge on any atom is -0.334 e. The van der Waals surface area contributed by atoms with Gasteiger partial charge in [-0.15, -0.1) is 0 Å². The summed E-state index contributed by atoms with van der Waals surface area (Å²) in [5.41, 5.74) is 2.20. The number of halogens is 1. The molecule has 120 valence electrons. The van der Waals surface area contributed by atoms with E-state index in [9.17, 15) is 19.3 Å². The Kier molecular flexibility index (Phi) is 4.90. The molecule has 0 aliphatic heterocycles. The van der Waals surface area contributed by atoms with Crippen molar-refractivity contribution in [3.05, 3.63) is 69.0 Å². The fraction of sp³-hybridized carbons (Fsp3) is 0.188. The monoisotopic (exact) mass is 317 g/mol. The molecule has 7 heteroatoms. The third kappa shape index (κ3) is 4.26. The van der Waals surface area contributed by atoms with Gasteiger partial charge in [0, 0.05) is 23.9 Å². The van der Waals surface area contributed by atoms with Crippen LogP contribution in [0.15, 0.2) is 36.4 Å². The lowest BCUT2D eigenvalue weighted by Crippen LogP contribution is -2.28. The highest BCUT2D eigenvalue weighted by atomic mass is 19.1. The van der Waals surface area contributed by atoms with Crippen LogP contribution in [0.25, 0.3) is 0 Å². The molecule has 23 heavy (non-hydrogen) atoms. The SMILES string of the molecule is Cc1cc(CNC(=O)Nc2ccc([N+](=O)[O-])c(C)c2)ccc1F. The topological polar surface area (TPSA) is 84.3 Å². The van der Waals surface area contributed by atoms with Crippen LogP contribution in [0, 0.1) is 29.8 Å². The van der Waals surface area contributed by atoms with Gasteiger partial charge in [-0.1, -0.05) is 12.1 Å². The Hall–Kier alpha value is -2.96. The van der Waals surface area contributed by atoms with E-state index in [0.717, 1.165) is 5.56 Å². The minimum atomic E-state index is -0.476. The van der Waals surface area contributed by atoms with E-state index in [0.29, 0.717) is 16.8 Å². The van der Waals surface area contributed by atoms with Gasteiger partial charge in [-0.25, -0.2) is 9.18 Å². The maximum atomic E-state index is 13.2. The standard InChI is InChI=1S/C16H16FN3O3/c1-10-7-12(3-5-14(10)17)9-18-16(21)19-13-4-6-15(20(22)23)11(2)8-13/h3-8H,9H2,1-2H3,(H2,18,19,21). The van der Waals surface area contributed by atoms with Gasteiger partial charge in [-0.3, -0.25) is 10.1 Å². The Balaban J connectivity index is 1.95. The maximum absolute atomic E-state index is 13.2. The van der Waals surface area contributed by atoms with Crippen molar-refractivity contribution >= 4 is 17.4 Å². The van der Waals surface area contributed by atoms with Gasteiger partial charge in [-0.05, 0) is 43.2 Å². The molecule has 0 spiro atoms. The van der Waals surface area contributed by atoms with Crippen LogP contribution in [0.2, 0.25) is 0 Å². The molecule has 0 fully saturated rings. The highest BCUT2D eigenvalue weighted by Gasteiger charge is 2.11. The Morgan fingerprint density at radius 3 is 2.52 bits per heavy atom. The molecule has 0 saturated carbocycles. The van der Waals surface area contributed by atoms with Crippen LogP contribution in [0.1, 0.15) is 16.7 Å². The molecule has 0 aliphatic rings. The zero-order chi connectivity index (χ0) is 17.0. The lowest BCUT2D eigenvalue weighted by Gasteiger charge is -2.09. The molecule has 0 unspecified atom stereocenters. The number of benzene rings is 2. The number of carbonyl (C=O) groups excluding carboxylic acids is 1. The molecule has 0 radical (unpaired) electrons. The number of urea groups is 1. The molecule has 2 aromatic carbocycles. The predicted octanol–water partition coefficient (Wildman–Crippen LogP) is 3.67. The highest BCUT2D eigenvalue weighted by Crippen LogP contribution is 2.21. The summed E-state index contributed by atoms with van der Waals surface area (Å²) in [6, 6.07) is 8.50. The van der Waals surface area contributed by atoms with Gasteiger partial charge in [0.1, 0.15) is 5.82 Å². The lowest BCUT2D eigenvalue weighted by atomic mass is 10.1. The summed E-state index contributed by atoms with van der Waals surface area (Å²) in [5.74, 6) is -0.292. The van der Waals surface area contributed by atoms with Crippen molar-refractivity contribution in [2.45, 2.75) is 20.4 Å². The van der Waals surface area contributed by atoms with Gasteiger partial charge in [0.25, 0.3) is 5.69 Å². The van der Waals surface area contributed by atoms with E-state index in [1.807, 2.05) is 0 Å². The number of nitrogens with one attached hydrogen (secondary N) is 2. The van der Waals surface area contributed by atoms with Gasteiger partial charge in [-0.2, -0.15) is 0 Å². The van der Waals surface area contributed by atoms with E-state index in [1.165, 1.54) is 24.3 Å². The summed E-state index contributed by atoms with van der Waals surface area (Å²) in [6.07, 6.45) is 0. The van der Waals surface area contributed by atoms with Crippen molar-refractivity contribution in [3.8, 4) is 0 Å². The number of amides is 2. The Bertz CT molecular complexity index is 762. The van der Waals surface area contributed by atoms with Crippen LogP contribution >= 0.6 is 0 Å². The zero-order valence-corrected chi connectivity index (χ0v) is 12.7. The Labute approximate surface area is 132 Å². The zero-order valence-electron chi connectivity index (χ0n) is 12.7. The average molecular weight is 317 g/mol. The van der Waals surface area contributed by atoms with Gasteiger partial charge in [0.2, 0.25) is 0 Å². The van der Waals surface area contributed by atoms with Crippen LogP contribution < -0.4 is 10.6 Å². The quantitative estimate of drug-likeness (QED) is 0.666. The molecule has 2 amide bonds. The predicted molar refractivity (Wildman–Crippen MR) is 84.8 cm³/mol.